The first-order valence-electron chi connectivity index (χ1n) is 11.3. The fourth-order valence-corrected chi connectivity index (χ4v) is 4.11. The number of phenols is 1. The van der Waals surface area contributed by atoms with Crippen LogP contribution in [0.25, 0.3) is 0 Å². The van der Waals surface area contributed by atoms with Crippen LogP contribution in [0.5, 0.6) is 11.5 Å². The standard InChI is InChI=1S/C26H33N3O4/c1-7-15-9-16(10-20(23(15)31)26(3,4)5)21(30)14-29-13-17-11-22(33-8-2)19(25(32)28-6)12-18(17)24(29)27/h9-12,27,31H,7-8,13-14H2,1-6H3,(H,28,32). The fourth-order valence-electron chi connectivity index (χ4n) is 4.11. The van der Waals surface area contributed by atoms with Gasteiger partial charge in [0.25, 0.3) is 5.91 Å². The summed E-state index contributed by atoms with van der Waals surface area (Å²) >= 11 is 0. The highest BCUT2D eigenvalue weighted by molar-refractivity contribution is 6.07. The molecule has 0 atom stereocenters. The summed E-state index contributed by atoms with van der Waals surface area (Å²) in [5, 5.41) is 21.9. The van der Waals surface area contributed by atoms with E-state index >= 15 is 0 Å². The molecule has 3 rings (SSSR count). The third kappa shape index (κ3) is 4.72. The summed E-state index contributed by atoms with van der Waals surface area (Å²) in [6.45, 7) is 10.6. The van der Waals surface area contributed by atoms with Crippen molar-refractivity contribution in [3.8, 4) is 11.5 Å². The van der Waals surface area contributed by atoms with Crippen LogP contribution in [0.3, 0.4) is 0 Å². The van der Waals surface area contributed by atoms with Crippen LogP contribution in [0.2, 0.25) is 0 Å². The lowest BCUT2D eigenvalue weighted by atomic mass is 9.83. The zero-order chi connectivity index (χ0) is 24.5. The number of Topliss-reactive ketones (excluding diaryl/α,β-unsaturated/α-hetero) is 1. The minimum atomic E-state index is -0.313. The lowest BCUT2D eigenvalue weighted by molar-refractivity contribution is 0.0953. The number of ketones is 1. The van der Waals surface area contributed by atoms with Crippen molar-refractivity contribution in [2.75, 3.05) is 20.2 Å². The molecule has 0 unspecified atom stereocenters. The Morgan fingerprint density at radius 1 is 1.18 bits per heavy atom. The summed E-state index contributed by atoms with van der Waals surface area (Å²) in [5.41, 5.74) is 3.53. The van der Waals surface area contributed by atoms with Crippen LogP contribution >= 0.6 is 0 Å². The summed E-state index contributed by atoms with van der Waals surface area (Å²) in [4.78, 5) is 27.2. The Hall–Kier alpha value is -3.35. The number of phenolic OH excluding ortho intramolecular Hbond substituents is 1. The molecule has 1 aliphatic heterocycles. The van der Waals surface area contributed by atoms with Gasteiger partial charge < -0.3 is 20.1 Å². The molecular weight excluding hydrogens is 418 g/mol. The van der Waals surface area contributed by atoms with Crippen LogP contribution in [0, 0.1) is 5.41 Å². The SMILES string of the molecule is CCOc1cc2c(cc1C(=O)NC)C(=N)N(CC(=O)c1cc(CC)c(O)c(C(C)(C)C)c1)C2. The van der Waals surface area contributed by atoms with E-state index in [1.54, 1.807) is 36.2 Å². The smallest absolute Gasteiger partial charge is 0.254 e. The van der Waals surface area contributed by atoms with Gasteiger partial charge in [-0.25, -0.2) is 0 Å². The summed E-state index contributed by atoms with van der Waals surface area (Å²) < 4.78 is 5.65. The number of ether oxygens (including phenoxy) is 1. The number of carbonyl (C=O) groups excluding carboxylic acids is 2. The first-order valence-corrected chi connectivity index (χ1v) is 11.3. The molecule has 0 spiro atoms. The molecule has 2 aromatic rings. The number of nitrogens with zero attached hydrogens (tertiary/aromatic N) is 1. The molecule has 7 nitrogen and oxygen atoms in total. The molecule has 0 radical (unpaired) electrons. The Balaban J connectivity index is 1.91. The topological polar surface area (TPSA) is 103 Å². The number of amidine groups is 1. The Kier molecular flexibility index (Phi) is 6.81. The van der Waals surface area contributed by atoms with Crippen molar-refractivity contribution < 1.29 is 19.4 Å². The quantitative estimate of drug-likeness (QED) is 0.552. The zero-order valence-corrected chi connectivity index (χ0v) is 20.3. The first-order chi connectivity index (χ1) is 15.5. The molecular formula is C26H33N3O4. The maximum atomic E-state index is 13.2. The molecule has 0 saturated heterocycles. The van der Waals surface area contributed by atoms with Crippen molar-refractivity contribution in [2.24, 2.45) is 0 Å². The van der Waals surface area contributed by atoms with E-state index in [9.17, 15) is 14.7 Å². The van der Waals surface area contributed by atoms with Crippen LogP contribution < -0.4 is 10.1 Å². The summed E-state index contributed by atoms with van der Waals surface area (Å²) in [6.07, 6.45) is 0.615. The first kappa shape index (κ1) is 24.3. The minimum Gasteiger partial charge on any atom is -0.507 e. The lowest BCUT2D eigenvalue weighted by Crippen LogP contribution is -2.30. The monoisotopic (exact) mass is 451 g/mol. The van der Waals surface area contributed by atoms with Crippen molar-refractivity contribution in [3.05, 3.63) is 57.6 Å². The van der Waals surface area contributed by atoms with E-state index in [1.807, 2.05) is 34.6 Å². The Bertz CT molecular complexity index is 1120. The molecule has 0 bridgehead atoms. The van der Waals surface area contributed by atoms with E-state index in [0.717, 1.165) is 16.7 Å². The zero-order valence-electron chi connectivity index (χ0n) is 20.3. The number of hydrogen-bond donors (Lipinski definition) is 3. The maximum Gasteiger partial charge on any atom is 0.254 e. The molecule has 1 aliphatic rings. The molecule has 0 aliphatic carbocycles. The van der Waals surface area contributed by atoms with Gasteiger partial charge in [0.2, 0.25) is 0 Å². The molecule has 1 heterocycles. The van der Waals surface area contributed by atoms with E-state index in [4.69, 9.17) is 10.1 Å². The second-order valence-corrected chi connectivity index (χ2v) is 9.28. The van der Waals surface area contributed by atoms with Crippen LogP contribution in [0.1, 0.15) is 77.6 Å². The predicted molar refractivity (Wildman–Crippen MR) is 129 cm³/mol. The molecule has 7 heteroatoms. The number of benzene rings is 2. The van der Waals surface area contributed by atoms with E-state index < -0.39 is 0 Å². The van der Waals surface area contributed by atoms with Crippen LogP contribution in [-0.2, 0) is 18.4 Å². The number of aryl methyl sites for hydroxylation is 1. The second-order valence-electron chi connectivity index (χ2n) is 9.28. The number of aromatic hydroxyl groups is 1. The van der Waals surface area contributed by atoms with Crippen molar-refractivity contribution in [1.29, 1.82) is 5.41 Å². The minimum absolute atomic E-state index is 0.0320. The van der Waals surface area contributed by atoms with Gasteiger partial charge in [0, 0.05) is 30.3 Å². The highest BCUT2D eigenvalue weighted by Gasteiger charge is 2.30. The molecule has 176 valence electrons. The van der Waals surface area contributed by atoms with E-state index in [2.05, 4.69) is 5.32 Å². The summed E-state index contributed by atoms with van der Waals surface area (Å²) in [7, 11) is 1.55. The van der Waals surface area contributed by atoms with Gasteiger partial charge in [-0.05, 0) is 54.2 Å². The third-order valence-electron chi connectivity index (χ3n) is 5.94. The van der Waals surface area contributed by atoms with Crippen molar-refractivity contribution in [1.82, 2.24) is 10.2 Å². The molecule has 2 aromatic carbocycles. The van der Waals surface area contributed by atoms with Crippen molar-refractivity contribution in [2.45, 2.75) is 53.0 Å². The van der Waals surface area contributed by atoms with Crippen LogP contribution in [0.4, 0.5) is 0 Å². The van der Waals surface area contributed by atoms with Gasteiger partial charge in [-0.2, -0.15) is 0 Å². The Morgan fingerprint density at radius 3 is 2.45 bits per heavy atom. The highest BCUT2D eigenvalue weighted by Crippen LogP contribution is 2.35. The van der Waals surface area contributed by atoms with E-state index in [0.29, 0.717) is 42.0 Å². The van der Waals surface area contributed by atoms with Crippen LogP contribution in [-0.4, -0.2) is 47.7 Å². The van der Waals surface area contributed by atoms with E-state index in [-0.39, 0.29) is 35.2 Å². The van der Waals surface area contributed by atoms with Gasteiger partial charge in [-0.15, -0.1) is 0 Å². The maximum absolute atomic E-state index is 13.2. The van der Waals surface area contributed by atoms with Gasteiger partial charge >= 0.3 is 0 Å². The number of rotatable bonds is 7. The number of carbonyl (C=O) groups is 2. The van der Waals surface area contributed by atoms with Gasteiger partial charge in [0.1, 0.15) is 17.3 Å². The Labute approximate surface area is 195 Å². The van der Waals surface area contributed by atoms with Gasteiger partial charge in [-0.1, -0.05) is 27.7 Å². The van der Waals surface area contributed by atoms with E-state index in [1.165, 1.54) is 0 Å². The van der Waals surface area contributed by atoms with Gasteiger partial charge in [-0.3, -0.25) is 15.0 Å². The average Bonchev–Trinajstić information content (AvgIpc) is 3.06. The molecule has 3 N–H and O–H groups in total. The van der Waals surface area contributed by atoms with Gasteiger partial charge in [0.05, 0.1) is 18.7 Å². The number of amides is 1. The molecule has 1 amide bonds. The largest absolute Gasteiger partial charge is 0.507 e. The van der Waals surface area contributed by atoms with Crippen molar-refractivity contribution >= 4 is 17.5 Å². The number of hydrogen-bond acceptors (Lipinski definition) is 5. The van der Waals surface area contributed by atoms with Crippen LogP contribution in [0.15, 0.2) is 24.3 Å². The normalized spacial score (nSPS) is 13.2. The predicted octanol–water partition coefficient (Wildman–Crippen LogP) is 4.03. The highest BCUT2D eigenvalue weighted by atomic mass is 16.5. The summed E-state index contributed by atoms with van der Waals surface area (Å²) in [5.74, 6) is 0.515. The summed E-state index contributed by atoms with van der Waals surface area (Å²) in [6, 6.07) is 6.96. The third-order valence-corrected chi connectivity index (χ3v) is 5.94. The molecule has 0 fully saturated rings. The molecule has 0 saturated carbocycles. The molecule has 0 aromatic heterocycles. The average molecular weight is 452 g/mol. The van der Waals surface area contributed by atoms with Gasteiger partial charge in [0.15, 0.2) is 5.78 Å². The van der Waals surface area contributed by atoms with Crippen molar-refractivity contribution in [3.63, 3.8) is 0 Å². The lowest BCUT2D eigenvalue weighted by Gasteiger charge is -2.24. The number of fused-ring (bicyclic) bond motifs is 1. The Morgan fingerprint density at radius 2 is 1.88 bits per heavy atom. The fraction of sp³-hybridized carbons (Fsp3) is 0.423. The molecule has 33 heavy (non-hydrogen) atoms. The second kappa shape index (κ2) is 9.25. The number of nitrogens with one attached hydrogen (secondary N) is 2.